The fourth-order valence-corrected chi connectivity index (χ4v) is 3.18. The second-order valence-electron chi connectivity index (χ2n) is 6.57. The molecular formula is C19H24ClN3O3. The van der Waals surface area contributed by atoms with E-state index in [2.05, 4.69) is 10.6 Å². The number of hydrogen-bond donors (Lipinski definition) is 3. The number of anilines is 2. The van der Waals surface area contributed by atoms with E-state index in [-0.39, 0.29) is 41.9 Å². The van der Waals surface area contributed by atoms with Crippen LogP contribution in [0.2, 0.25) is 0 Å². The zero-order valence-corrected chi connectivity index (χ0v) is 15.5. The summed E-state index contributed by atoms with van der Waals surface area (Å²) in [5.74, 6) is -0.0594. The van der Waals surface area contributed by atoms with E-state index in [1.807, 2.05) is 13.0 Å². The van der Waals surface area contributed by atoms with Gasteiger partial charge in [-0.05, 0) is 62.1 Å². The number of nitrogens with one attached hydrogen (secondary N) is 2. The molecule has 0 saturated heterocycles. The zero-order chi connectivity index (χ0) is 17.8. The molecule has 0 aliphatic heterocycles. The molecule has 26 heavy (non-hydrogen) atoms. The second-order valence-corrected chi connectivity index (χ2v) is 6.57. The molecule has 2 amide bonds. The van der Waals surface area contributed by atoms with E-state index < -0.39 is 0 Å². The third-order valence-corrected chi connectivity index (χ3v) is 4.57. The first-order valence-corrected chi connectivity index (χ1v) is 8.55. The van der Waals surface area contributed by atoms with Crippen LogP contribution in [0.5, 0.6) is 0 Å². The van der Waals surface area contributed by atoms with Crippen LogP contribution in [0.3, 0.4) is 0 Å². The lowest BCUT2D eigenvalue weighted by molar-refractivity contribution is -0.120. The van der Waals surface area contributed by atoms with Gasteiger partial charge in [-0.25, -0.2) is 0 Å². The molecule has 1 aromatic heterocycles. The van der Waals surface area contributed by atoms with Crippen LogP contribution in [0.15, 0.2) is 41.0 Å². The van der Waals surface area contributed by atoms with E-state index >= 15 is 0 Å². The van der Waals surface area contributed by atoms with Crippen molar-refractivity contribution in [3.8, 4) is 0 Å². The highest BCUT2D eigenvalue weighted by molar-refractivity contribution is 6.03. The van der Waals surface area contributed by atoms with Crippen LogP contribution in [0.4, 0.5) is 11.4 Å². The number of hydrogen-bond acceptors (Lipinski definition) is 4. The quantitative estimate of drug-likeness (QED) is 0.756. The molecule has 1 aliphatic carbocycles. The number of benzene rings is 1. The van der Waals surface area contributed by atoms with Gasteiger partial charge in [-0.3, -0.25) is 9.59 Å². The molecule has 1 fully saturated rings. The van der Waals surface area contributed by atoms with Crippen LogP contribution in [0, 0.1) is 12.8 Å². The predicted molar refractivity (Wildman–Crippen MR) is 104 cm³/mol. The lowest BCUT2D eigenvalue weighted by atomic mass is 9.85. The molecule has 1 aromatic carbocycles. The topological polar surface area (TPSA) is 97.4 Å². The van der Waals surface area contributed by atoms with Gasteiger partial charge in [0.1, 0.15) is 0 Å². The van der Waals surface area contributed by atoms with Crippen molar-refractivity contribution < 1.29 is 14.0 Å². The summed E-state index contributed by atoms with van der Waals surface area (Å²) < 4.78 is 5.08. The number of halogens is 1. The standard InChI is InChI=1S/C19H23N3O3.ClH/c1-12-10-15(21-18(23)13-4-2-5-14(20)11-13)7-8-16(12)22-19(24)17-6-3-9-25-17;/h3,6-10,13-14H,2,4-5,11,20H2,1H3,(H,21,23)(H,22,24);1H. The van der Waals surface area contributed by atoms with Gasteiger partial charge >= 0.3 is 0 Å². The minimum atomic E-state index is -0.305. The first-order valence-electron chi connectivity index (χ1n) is 8.55. The Balaban J connectivity index is 0.00000243. The average Bonchev–Trinajstić information content (AvgIpc) is 3.12. The van der Waals surface area contributed by atoms with Gasteiger partial charge in [0.15, 0.2) is 5.76 Å². The molecule has 7 heteroatoms. The summed E-state index contributed by atoms with van der Waals surface area (Å²) in [7, 11) is 0. The molecule has 0 spiro atoms. The first kappa shape index (κ1) is 20.0. The molecule has 3 rings (SSSR count). The van der Waals surface area contributed by atoms with Crippen molar-refractivity contribution in [1.29, 1.82) is 0 Å². The number of amides is 2. The molecule has 2 atom stereocenters. The van der Waals surface area contributed by atoms with E-state index in [1.165, 1.54) is 6.26 Å². The first-order chi connectivity index (χ1) is 12.0. The minimum absolute atomic E-state index is 0. The highest BCUT2D eigenvalue weighted by atomic mass is 35.5. The Bertz CT molecular complexity index is 761. The fourth-order valence-electron chi connectivity index (χ4n) is 3.18. The number of carbonyl (C=O) groups excluding carboxylic acids is 2. The van der Waals surface area contributed by atoms with Crippen LogP contribution in [0.25, 0.3) is 0 Å². The van der Waals surface area contributed by atoms with E-state index in [0.717, 1.165) is 36.9 Å². The van der Waals surface area contributed by atoms with Gasteiger partial charge in [0.25, 0.3) is 5.91 Å². The van der Waals surface area contributed by atoms with Crippen molar-refractivity contribution in [2.24, 2.45) is 11.7 Å². The van der Waals surface area contributed by atoms with Crippen molar-refractivity contribution in [2.75, 3.05) is 10.6 Å². The Labute approximate surface area is 158 Å². The van der Waals surface area contributed by atoms with Crippen molar-refractivity contribution in [3.05, 3.63) is 47.9 Å². The predicted octanol–water partition coefficient (Wildman–Crippen LogP) is 3.72. The number of rotatable bonds is 4. The zero-order valence-electron chi connectivity index (χ0n) is 14.7. The third kappa shape index (κ3) is 4.86. The molecule has 2 unspecified atom stereocenters. The second kappa shape index (κ2) is 8.87. The molecule has 1 heterocycles. The Kier molecular flexibility index (Phi) is 6.83. The summed E-state index contributed by atoms with van der Waals surface area (Å²) in [6.45, 7) is 1.88. The monoisotopic (exact) mass is 377 g/mol. The van der Waals surface area contributed by atoms with Gasteiger partial charge in [-0.1, -0.05) is 6.42 Å². The van der Waals surface area contributed by atoms with Crippen molar-refractivity contribution in [1.82, 2.24) is 0 Å². The maximum atomic E-state index is 12.4. The summed E-state index contributed by atoms with van der Waals surface area (Å²) >= 11 is 0. The SMILES string of the molecule is Cc1cc(NC(=O)C2CCCC(N)C2)ccc1NC(=O)c1ccco1.Cl. The Hall–Kier alpha value is -2.31. The van der Waals surface area contributed by atoms with Crippen molar-refractivity contribution in [3.63, 3.8) is 0 Å². The molecule has 4 N–H and O–H groups in total. The van der Waals surface area contributed by atoms with Crippen LogP contribution in [-0.4, -0.2) is 17.9 Å². The lowest BCUT2D eigenvalue weighted by Gasteiger charge is -2.25. The molecule has 0 radical (unpaired) electrons. The van der Waals surface area contributed by atoms with Gasteiger partial charge in [0.05, 0.1) is 6.26 Å². The van der Waals surface area contributed by atoms with Crippen LogP contribution >= 0.6 is 12.4 Å². The Morgan fingerprint density at radius 2 is 2.00 bits per heavy atom. The van der Waals surface area contributed by atoms with Gasteiger partial charge in [0.2, 0.25) is 5.91 Å². The number of aryl methyl sites for hydroxylation is 1. The summed E-state index contributed by atoms with van der Waals surface area (Å²) in [6.07, 6.45) is 5.07. The maximum absolute atomic E-state index is 12.4. The maximum Gasteiger partial charge on any atom is 0.291 e. The highest BCUT2D eigenvalue weighted by Gasteiger charge is 2.25. The largest absolute Gasteiger partial charge is 0.459 e. The molecular weight excluding hydrogens is 354 g/mol. The summed E-state index contributed by atoms with van der Waals surface area (Å²) in [6, 6.07) is 8.79. The molecule has 6 nitrogen and oxygen atoms in total. The third-order valence-electron chi connectivity index (χ3n) is 4.57. The van der Waals surface area contributed by atoms with Crippen molar-refractivity contribution in [2.45, 2.75) is 38.6 Å². The van der Waals surface area contributed by atoms with Gasteiger partial charge in [-0.2, -0.15) is 0 Å². The number of furan rings is 1. The fraction of sp³-hybridized carbons (Fsp3) is 0.368. The van der Waals surface area contributed by atoms with Crippen LogP contribution < -0.4 is 16.4 Å². The summed E-state index contributed by atoms with van der Waals surface area (Å²) in [5, 5.41) is 5.76. The van der Waals surface area contributed by atoms with E-state index in [4.69, 9.17) is 10.2 Å². The smallest absolute Gasteiger partial charge is 0.291 e. The normalized spacial score (nSPS) is 19.3. The molecule has 2 aromatic rings. The number of nitrogens with two attached hydrogens (primary N) is 1. The van der Waals surface area contributed by atoms with Gasteiger partial charge in [0, 0.05) is 23.3 Å². The van der Waals surface area contributed by atoms with E-state index in [0.29, 0.717) is 5.69 Å². The molecule has 1 aliphatic rings. The highest BCUT2D eigenvalue weighted by Crippen LogP contribution is 2.26. The molecule has 1 saturated carbocycles. The Morgan fingerprint density at radius 3 is 2.65 bits per heavy atom. The van der Waals surface area contributed by atoms with Crippen molar-refractivity contribution >= 4 is 35.6 Å². The van der Waals surface area contributed by atoms with Gasteiger partial charge in [-0.15, -0.1) is 12.4 Å². The average molecular weight is 378 g/mol. The molecule has 140 valence electrons. The summed E-state index contributed by atoms with van der Waals surface area (Å²) in [4.78, 5) is 24.4. The minimum Gasteiger partial charge on any atom is -0.459 e. The van der Waals surface area contributed by atoms with E-state index in [9.17, 15) is 9.59 Å². The van der Waals surface area contributed by atoms with Crippen LogP contribution in [-0.2, 0) is 4.79 Å². The number of carbonyl (C=O) groups is 2. The van der Waals surface area contributed by atoms with E-state index in [1.54, 1.807) is 24.3 Å². The molecule has 0 bridgehead atoms. The van der Waals surface area contributed by atoms with Gasteiger partial charge < -0.3 is 20.8 Å². The Morgan fingerprint density at radius 1 is 1.19 bits per heavy atom. The van der Waals surface area contributed by atoms with Crippen LogP contribution in [0.1, 0.15) is 41.8 Å². The lowest BCUT2D eigenvalue weighted by Crippen LogP contribution is -2.34. The summed E-state index contributed by atoms with van der Waals surface area (Å²) in [5.41, 5.74) is 8.22.